The third kappa shape index (κ3) is 6.55. The molecule has 1 aromatic carbocycles. The maximum Gasteiger partial charge on any atom is 0.247 e. The van der Waals surface area contributed by atoms with Gasteiger partial charge in [-0.15, -0.1) is 0 Å². The summed E-state index contributed by atoms with van der Waals surface area (Å²) < 4.78 is 1.49. The van der Waals surface area contributed by atoms with E-state index in [1.54, 1.807) is 0 Å². The average molecular weight is 398 g/mol. The average Bonchev–Trinajstić information content (AvgIpc) is 2.97. The molecule has 2 aromatic rings. The lowest BCUT2D eigenvalue weighted by atomic mass is 10.0. The van der Waals surface area contributed by atoms with Crippen LogP contribution >= 0.6 is 0 Å². The van der Waals surface area contributed by atoms with Crippen LogP contribution in [0.15, 0.2) is 18.2 Å². The summed E-state index contributed by atoms with van der Waals surface area (Å²) >= 11 is 0. The summed E-state index contributed by atoms with van der Waals surface area (Å²) in [4.78, 5) is 24.9. The molecule has 0 radical (unpaired) electrons. The zero-order chi connectivity index (χ0) is 21.4. The van der Waals surface area contributed by atoms with Gasteiger partial charge >= 0.3 is 0 Å². The highest BCUT2D eigenvalue weighted by atomic mass is 16.2. The van der Waals surface area contributed by atoms with Crippen molar-refractivity contribution in [1.29, 1.82) is 0 Å². The van der Waals surface area contributed by atoms with Crippen LogP contribution in [0.3, 0.4) is 0 Å². The number of nitrogens with zero attached hydrogens (tertiary/aromatic N) is 2. The van der Waals surface area contributed by atoms with E-state index in [2.05, 4.69) is 17.3 Å². The Bertz CT molecular complexity index is 852. The molecule has 0 bridgehead atoms. The van der Waals surface area contributed by atoms with Gasteiger partial charge in [-0.25, -0.2) is 4.68 Å². The van der Waals surface area contributed by atoms with Crippen molar-refractivity contribution in [2.75, 3.05) is 5.32 Å². The summed E-state index contributed by atoms with van der Waals surface area (Å²) in [6.07, 6.45) is 7.37. The number of amides is 1. The number of hydrogen-bond acceptors (Lipinski definition) is 3. The molecule has 1 heterocycles. The zero-order valence-electron chi connectivity index (χ0n) is 18.6. The van der Waals surface area contributed by atoms with Gasteiger partial charge in [-0.3, -0.25) is 9.59 Å². The maximum atomic E-state index is 12.6. The van der Waals surface area contributed by atoms with Crippen LogP contribution in [0.2, 0.25) is 0 Å². The van der Waals surface area contributed by atoms with E-state index in [0.29, 0.717) is 0 Å². The van der Waals surface area contributed by atoms with Gasteiger partial charge in [-0.1, -0.05) is 38.7 Å². The lowest BCUT2D eigenvalue weighted by molar-refractivity contribution is -0.116. The summed E-state index contributed by atoms with van der Waals surface area (Å²) in [7, 11) is 0. The topological polar surface area (TPSA) is 64.0 Å². The van der Waals surface area contributed by atoms with E-state index < -0.39 is 0 Å². The number of nitrogens with one attached hydrogen (secondary N) is 1. The molecule has 0 saturated heterocycles. The largest absolute Gasteiger partial charge is 0.326 e. The Hall–Kier alpha value is -2.43. The highest BCUT2D eigenvalue weighted by Gasteiger charge is 2.17. The lowest BCUT2D eigenvalue weighted by Crippen LogP contribution is -2.18. The number of aromatic nitrogens is 2. The molecule has 0 atom stereocenters. The van der Waals surface area contributed by atoms with Crippen molar-refractivity contribution in [3.05, 3.63) is 46.3 Å². The number of rotatable bonds is 10. The minimum Gasteiger partial charge on any atom is -0.326 e. The van der Waals surface area contributed by atoms with Crippen molar-refractivity contribution in [2.24, 2.45) is 0 Å². The van der Waals surface area contributed by atoms with E-state index in [1.165, 1.54) is 41.5 Å². The van der Waals surface area contributed by atoms with Crippen molar-refractivity contribution < 1.29 is 9.59 Å². The number of carbonyl (C=O) groups is 2. The monoisotopic (exact) mass is 397 g/mol. The van der Waals surface area contributed by atoms with Gasteiger partial charge in [-0.05, 0) is 69.4 Å². The Morgan fingerprint density at radius 1 is 0.966 bits per heavy atom. The number of carbonyl (C=O) groups excluding carboxylic acids is 2. The summed E-state index contributed by atoms with van der Waals surface area (Å²) in [5.41, 5.74) is 6.09. The molecular weight excluding hydrogens is 362 g/mol. The van der Waals surface area contributed by atoms with E-state index in [0.717, 1.165) is 35.5 Å². The zero-order valence-corrected chi connectivity index (χ0v) is 18.6. The van der Waals surface area contributed by atoms with Crippen molar-refractivity contribution >= 4 is 17.5 Å². The van der Waals surface area contributed by atoms with Crippen molar-refractivity contribution in [2.45, 2.75) is 86.0 Å². The van der Waals surface area contributed by atoms with Crippen LogP contribution in [0.25, 0.3) is 0 Å². The Labute approximate surface area is 174 Å². The van der Waals surface area contributed by atoms with E-state index in [-0.39, 0.29) is 24.7 Å². The first-order valence-corrected chi connectivity index (χ1v) is 10.8. The van der Waals surface area contributed by atoms with Gasteiger partial charge in [0.25, 0.3) is 0 Å². The second-order valence-electron chi connectivity index (χ2n) is 7.97. The van der Waals surface area contributed by atoms with E-state index in [9.17, 15) is 9.59 Å². The molecule has 1 N–H and O–H groups in total. The Kier molecular flexibility index (Phi) is 8.62. The van der Waals surface area contributed by atoms with Gasteiger partial charge in [0.1, 0.15) is 0 Å². The Balaban J connectivity index is 1.89. The van der Waals surface area contributed by atoms with Gasteiger partial charge in [0.2, 0.25) is 11.8 Å². The number of unbranched alkanes of at least 4 members (excludes halogenated alkanes) is 4. The summed E-state index contributed by atoms with van der Waals surface area (Å²) in [5.74, 6) is -0.280. The molecule has 5 heteroatoms. The number of aryl methyl sites for hydroxylation is 3. The lowest BCUT2D eigenvalue weighted by Gasteiger charge is -2.08. The fourth-order valence-electron chi connectivity index (χ4n) is 3.55. The third-order valence-corrected chi connectivity index (χ3v) is 5.56. The molecule has 0 spiro atoms. The highest BCUT2D eigenvalue weighted by molar-refractivity contribution is 5.93. The van der Waals surface area contributed by atoms with Crippen molar-refractivity contribution in [1.82, 2.24) is 9.78 Å². The fourth-order valence-corrected chi connectivity index (χ4v) is 3.55. The Morgan fingerprint density at radius 3 is 2.38 bits per heavy atom. The van der Waals surface area contributed by atoms with Gasteiger partial charge < -0.3 is 5.32 Å². The second-order valence-corrected chi connectivity index (χ2v) is 7.97. The summed E-state index contributed by atoms with van der Waals surface area (Å²) in [6, 6.07) is 5.81. The molecule has 1 amide bonds. The molecule has 2 rings (SSSR count). The van der Waals surface area contributed by atoms with Gasteiger partial charge in [0.15, 0.2) is 0 Å². The van der Waals surface area contributed by atoms with E-state index in [4.69, 9.17) is 0 Å². The molecule has 29 heavy (non-hydrogen) atoms. The molecule has 5 nitrogen and oxygen atoms in total. The van der Waals surface area contributed by atoms with Gasteiger partial charge in [-0.2, -0.15) is 5.10 Å². The molecule has 0 fully saturated rings. The van der Waals surface area contributed by atoms with Gasteiger partial charge in [0, 0.05) is 24.2 Å². The molecule has 0 aliphatic heterocycles. The second kappa shape index (κ2) is 10.9. The van der Waals surface area contributed by atoms with Crippen LogP contribution in [0.5, 0.6) is 0 Å². The van der Waals surface area contributed by atoms with E-state index in [1.807, 2.05) is 45.9 Å². The molecule has 0 saturated carbocycles. The normalized spacial score (nSPS) is 10.9. The van der Waals surface area contributed by atoms with Crippen molar-refractivity contribution in [3.63, 3.8) is 0 Å². The highest BCUT2D eigenvalue weighted by Crippen LogP contribution is 2.18. The quantitative estimate of drug-likeness (QED) is 0.524. The van der Waals surface area contributed by atoms with Crippen LogP contribution in [0, 0.1) is 27.7 Å². The number of hydrogen-bond donors (Lipinski definition) is 1. The molecule has 0 unspecified atom stereocenters. The molecular formula is C24H35N3O2. The third-order valence-electron chi connectivity index (χ3n) is 5.56. The molecule has 0 aliphatic rings. The van der Waals surface area contributed by atoms with Crippen LogP contribution < -0.4 is 5.32 Å². The summed E-state index contributed by atoms with van der Waals surface area (Å²) in [5, 5.41) is 7.32. The number of anilines is 1. The van der Waals surface area contributed by atoms with Crippen molar-refractivity contribution in [3.8, 4) is 0 Å². The minimum absolute atomic E-state index is 0.127. The van der Waals surface area contributed by atoms with E-state index >= 15 is 0 Å². The molecule has 0 aliphatic carbocycles. The predicted molar refractivity (Wildman–Crippen MR) is 119 cm³/mol. The maximum absolute atomic E-state index is 12.6. The first kappa shape index (κ1) is 22.9. The fraction of sp³-hybridized carbons (Fsp3) is 0.542. The minimum atomic E-state index is -0.153. The van der Waals surface area contributed by atoms with Crippen LogP contribution in [0.1, 0.15) is 84.7 Å². The SMILES string of the molecule is CCCCCCCc1c(C)nn(C(=O)CCC(=O)Nc2ccc(C)c(C)c2)c1C. The van der Waals surface area contributed by atoms with Gasteiger partial charge in [0.05, 0.1) is 5.69 Å². The standard InChI is InChI=1S/C24H35N3O2/c1-6-7-8-9-10-11-22-19(4)26-27(20(22)5)24(29)15-14-23(28)25-21-13-12-17(2)18(3)16-21/h12-13,16H,6-11,14-15H2,1-5H3,(H,25,28). The molecule has 158 valence electrons. The smallest absolute Gasteiger partial charge is 0.247 e. The van der Waals surface area contributed by atoms with Crippen LogP contribution in [-0.4, -0.2) is 21.6 Å². The first-order chi connectivity index (χ1) is 13.8. The predicted octanol–water partition coefficient (Wildman–Crippen LogP) is 5.69. The first-order valence-electron chi connectivity index (χ1n) is 10.8. The van der Waals surface area contributed by atoms with Crippen LogP contribution in [0.4, 0.5) is 5.69 Å². The number of benzene rings is 1. The summed E-state index contributed by atoms with van der Waals surface area (Å²) in [6.45, 7) is 10.2. The molecule has 1 aromatic heterocycles. The van der Waals surface area contributed by atoms with Crippen LogP contribution in [-0.2, 0) is 11.2 Å². The Morgan fingerprint density at radius 2 is 1.69 bits per heavy atom.